The molecule has 0 aliphatic rings. The summed E-state index contributed by atoms with van der Waals surface area (Å²) in [5.41, 5.74) is 1.35. The average Bonchev–Trinajstić information content (AvgIpc) is 2.16. The fourth-order valence-corrected chi connectivity index (χ4v) is 2.26. The number of anilines is 1. The normalized spacial score (nSPS) is 11.6. The highest BCUT2D eigenvalue weighted by Crippen LogP contribution is 2.20. The van der Waals surface area contributed by atoms with Crippen LogP contribution in [0.15, 0.2) is 34.9 Å². The predicted molar refractivity (Wildman–Crippen MR) is 67.9 cm³/mol. The number of halogens is 1. The Morgan fingerprint density at radius 3 is 2.69 bits per heavy atom. The Bertz CT molecular complexity index is 640. The molecule has 2 rings (SSSR count). The zero-order chi connectivity index (χ0) is 11.8. The van der Waals surface area contributed by atoms with Crippen LogP contribution in [0, 0.1) is 0 Å². The van der Waals surface area contributed by atoms with Crippen LogP contribution < -0.4 is 4.72 Å². The first-order valence-electron chi connectivity index (χ1n) is 4.48. The largest absolute Gasteiger partial charge is 0.284 e. The molecular formula is C10H9BrN2O2S. The van der Waals surface area contributed by atoms with Gasteiger partial charge in [-0.25, -0.2) is 13.4 Å². The molecule has 0 saturated carbocycles. The van der Waals surface area contributed by atoms with Crippen molar-refractivity contribution in [1.29, 1.82) is 0 Å². The van der Waals surface area contributed by atoms with Crippen LogP contribution in [0.4, 0.5) is 5.69 Å². The molecule has 84 valence electrons. The van der Waals surface area contributed by atoms with Crippen molar-refractivity contribution < 1.29 is 8.42 Å². The van der Waals surface area contributed by atoms with Crippen LogP contribution in [-0.2, 0) is 10.0 Å². The topological polar surface area (TPSA) is 59.1 Å². The highest BCUT2D eigenvalue weighted by atomic mass is 79.9. The van der Waals surface area contributed by atoms with E-state index in [0.717, 1.165) is 21.8 Å². The van der Waals surface area contributed by atoms with E-state index in [1.165, 1.54) is 0 Å². The third-order valence-electron chi connectivity index (χ3n) is 1.96. The summed E-state index contributed by atoms with van der Waals surface area (Å²) in [4.78, 5) is 4.25. The first-order chi connectivity index (χ1) is 7.44. The third kappa shape index (κ3) is 2.70. The summed E-state index contributed by atoms with van der Waals surface area (Å²) in [6.45, 7) is 0. The maximum absolute atomic E-state index is 11.1. The minimum atomic E-state index is -3.23. The molecule has 2 aromatic rings. The number of sulfonamides is 1. The van der Waals surface area contributed by atoms with Gasteiger partial charge in [0.25, 0.3) is 0 Å². The molecule has 4 nitrogen and oxygen atoms in total. The average molecular weight is 301 g/mol. The van der Waals surface area contributed by atoms with Gasteiger partial charge in [0.15, 0.2) is 0 Å². The van der Waals surface area contributed by atoms with Gasteiger partial charge in [0.2, 0.25) is 10.0 Å². The molecule has 0 amide bonds. The second-order valence-electron chi connectivity index (χ2n) is 3.42. The monoisotopic (exact) mass is 300 g/mol. The lowest BCUT2D eigenvalue weighted by molar-refractivity contribution is 0.607. The molecule has 0 bridgehead atoms. The van der Waals surface area contributed by atoms with E-state index in [1.807, 2.05) is 12.1 Å². The fraction of sp³-hybridized carbons (Fsp3) is 0.100. The van der Waals surface area contributed by atoms with Crippen molar-refractivity contribution in [2.24, 2.45) is 0 Å². The molecule has 0 atom stereocenters. The van der Waals surface area contributed by atoms with Crippen LogP contribution >= 0.6 is 15.9 Å². The Labute approximate surface area is 102 Å². The zero-order valence-electron chi connectivity index (χ0n) is 8.44. The maximum atomic E-state index is 11.1. The SMILES string of the molecule is CS(=O)(=O)Nc1ccc2nc(Br)ccc2c1. The van der Waals surface area contributed by atoms with Gasteiger partial charge in [0, 0.05) is 11.1 Å². The van der Waals surface area contributed by atoms with E-state index in [0.29, 0.717) is 5.69 Å². The van der Waals surface area contributed by atoms with Crippen molar-refractivity contribution in [1.82, 2.24) is 4.98 Å². The van der Waals surface area contributed by atoms with E-state index in [2.05, 4.69) is 25.6 Å². The van der Waals surface area contributed by atoms with Crippen molar-refractivity contribution >= 4 is 42.5 Å². The molecule has 1 heterocycles. The molecule has 0 spiro atoms. The minimum Gasteiger partial charge on any atom is -0.284 e. The second kappa shape index (κ2) is 4.03. The fourth-order valence-electron chi connectivity index (χ4n) is 1.38. The first-order valence-corrected chi connectivity index (χ1v) is 7.17. The maximum Gasteiger partial charge on any atom is 0.229 e. The van der Waals surface area contributed by atoms with Gasteiger partial charge in [-0.05, 0) is 40.2 Å². The van der Waals surface area contributed by atoms with Crippen molar-refractivity contribution in [2.45, 2.75) is 0 Å². The molecule has 1 aromatic carbocycles. The van der Waals surface area contributed by atoms with Gasteiger partial charge in [0.05, 0.1) is 11.8 Å². The summed E-state index contributed by atoms with van der Waals surface area (Å²) in [6.07, 6.45) is 1.12. The van der Waals surface area contributed by atoms with Crippen LogP contribution in [0.25, 0.3) is 10.9 Å². The molecule has 0 saturated heterocycles. The van der Waals surface area contributed by atoms with E-state index in [1.54, 1.807) is 18.2 Å². The quantitative estimate of drug-likeness (QED) is 0.866. The lowest BCUT2D eigenvalue weighted by atomic mass is 10.2. The number of aromatic nitrogens is 1. The summed E-state index contributed by atoms with van der Waals surface area (Å²) in [5.74, 6) is 0. The summed E-state index contributed by atoms with van der Waals surface area (Å²) in [5, 5.41) is 0.886. The van der Waals surface area contributed by atoms with Crippen LogP contribution in [0.3, 0.4) is 0 Å². The number of nitrogens with one attached hydrogen (secondary N) is 1. The molecule has 1 N–H and O–H groups in total. The van der Waals surface area contributed by atoms with Gasteiger partial charge < -0.3 is 0 Å². The highest BCUT2D eigenvalue weighted by Gasteiger charge is 2.03. The first kappa shape index (κ1) is 11.3. The van der Waals surface area contributed by atoms with Crippen LogP contribution in [0.2, 0.25) is 0 Å². The number of fused-ring (bicyclic) bond motifs is 1. The minimum absolute atomic E-state index is 0.541. The standard InChI is InChI=1S/C10H9BrN2O2S/c1-16(14,15)13-8-3-4-9-7(6-8)2-5-10(11)12-9/h2-6,13H,1H3. The van der Waals surface area contributed by atoms with Crippen molar-refractivity contribution in [2.75, 3.05) is 11.0 Å². The number of benzene rings is 1. The Morgan fingerprint density at radius 2 is 2.00 bits per heavy atom. The second-order valence-corrected chi connectivity index (χ2v) is 5.98. The highest BCUT2D eigenvalue weighted by molar-refractivity contribution is 9.10. The van der Waals surface area contributed by atoms with Gasteiger partial charge in [0.1, 0.15) is 4.60 Å². The lowest BCUT2D eigenvalue weighted by Crippen LogP contribution is -2.09. The lowest BCUT2D eigenvalue weighted by Gasteiger charge is -2.05. The molecule has 0 unspecified atom stereocenters. The summed E-state index contributed by atoms with van der Waals surface area (Å²) < 4.78 is 25.3. The Balaban J connectivity index is 2.49. The van der Waals surface area contributed by atoms with Crippen molar-refractivity contribution in [3.63, 3.8) is 0 Å². The number of pyridine rings is 1. The van der Waals surface area contributed by atoms with E-state index in [9.17, 15) is 8.42 Å². The Kier molecular flexibility index (Phi) is 2.86. The van der Waals surface area contributed by atoms with Gasteiger partial charge in [-0.15, -0.1) is 0 Å². The van der Waals surface area contributed by atoms with Gasteiger partial charge in [-0.2, -0.15) is 0 Å². The molecule has 0 fully saturated rings. The number of hydrogen-bond acceptors (Lipinski definition) is 3. The van der Waals surface area contributed by atoms with E-state index in [4.69, 9.17) is 0 Å². The molecule has 16 heavy (non-hydrogen) atoms. The number of nitrogens with zero attached hydrogens (tertiary/aromatic N) is 1. The number of rotatable bonds is 2. The molecule has 0 aliphatic heterocycles. The molecule has 0 radical (unpaired) electrons. The summed E-state index contributed by atoms with van der Waals surface area (Å²) in [7, 11) is -3.23. The van der Waals surface area contributed by atoms with Crippen LogP contribution in [0.5, 0.6) is 0 Å². The van der Waals surface area contributed by atoms with Crippen LogP contribution in [0.1, 0.15) is 0 Å². The number of hydrogen-bond donors (Lipinski definition) is 1. The zero-order valence-corrected chi connectivity index (χ0v) is 10.8. The van der Waals surface area contributed by atoms with E-state index in [-0.39, 0.29) is 0 Å². The predicted octanol–water partition coefficient (Wildman–Crippen LogP) is 2.37. The van der Waals surface area contributed by atoms with Gasteiger partial charge in [-0.3, -0.25) is 4.72 Å². The van der Waals surface area contributed by atoms with Crippen molar-refractivity contribution in [3.05, 3.63) is 34.9 Å². The van der Waals surface area contributed by atoms with Gasteiger partial charge >= 0.3 is 0 Å². The summed E-state index contributed by atoms with van der Waals surface area (Å²) in [6, 6.07) is 8.89. The van der Waals surface area contributed by atoms with Crippen molar-refractivity contribution in [3.8, 4) is 0 Å². The van der Waals surface area contributed by atoms with Crippen LogP contribution in [-0.4, -0.2) is 19.7 Å². The third-order valence-corrected chi connectivity index (χ3v) is 3.01. The molecule has 1 aromatic heterocycles. The van der Waals surface area contributed by atoms with E-state index >= 15 is 0 Å². The Hall–Kier alpha value is -1.14. The molecular weight excluding hydrogens is 292 g/mol. The van der Waals surface area contributed by atoms with E-state index < -0.39 is 10.0 Å². The Morgan fingerprint density at radius 1 is 1.25 bits per heavy atom. The smallest absolute Gasteiger partial charge is 0.229 e. The summed E-state index contributed by atoms with van der Waals surface area (Å²) >= 11 is 3.28. The molecule has 0 aliphatic carbocycles. The van der Waals surface area contributed by atoms with Gasteiger partial charge in [-0.1, -0.05) is 6.07 Å². The molecule has 6 heteroatoms.